The maximum Gasteiger partial charge on any atom is 0.00905 e. The standard InChI is InChI=1S/C18H44Si3/c1-3-5-7-9-11-13-15-17-20-21(19)18-16-14-12-10-8-6-4-2/h21H,3-18,20H2,1-2,19H3. The molecule has 1 unspecified atom stereocenters. The van der Waals surface area contributed by atoms with Crippen LogP contribution in [0.1, 0.15) is 104 Å². The molecule has 0 heterocycles. The lowest BCUT2D eigenvalue weighted by Crippen LogP contribution is -2.22. The van der Waals surface area contributed by atoms with E-state index in [1.807, 2.05) is 0 Å². The molecular weight excluding hydrogens is 300 g/mol. The average Bonchev–Trinajstić information content (AvgIpc) is 2.49. The summed E-state index contributed by atoms with van der Waals surface area (Å²) in [5, 5.41) is 0. The summed E-state index contributed by atoms with van der Waals surface area (Å²) in [4.78, 5) is 0. The zero-order valence-corrected chi connectivity index (χ0v) is 20.2. The number of unbranched alkanes of at least 4 members (excludes halogenated alkanes) is 12. The summed E-state index contributed by atoms with van der Waals surface area (Å²) in [5.41, 5.74) is 0. The van der Waals surface area contributed by atoms with Crippen LogP contribution in [0.4, 0.5) is 0 Å². The number of rotatable bonds is 17. The third kappa shape index (κ3) is 18.6. The third-order valence-corrected chi connectivity index (χ3v) is 20.5. The van der Waals surface area contributed by atoms with E-state index in [2.05, 4.69) is 13.8 Å². The van der Waals surface area contributed by atoms with Crippen LogP contribution in [0, 0.1) is 0 Å². The molecule has 0 aliphatic rings. The van der Waals surface area contributed by atoms with E-state index in [4.69, 9.17) is 0 Å². The topological polar surface area (TPSA) is 0 Å². The van der Waals surface area contributed by atoms with Crippen LogP contribution in [0.15, 0.2) is 0 Å². The summed E-state index contributed by atoms with van der Waals surface area (Å²) in [6.07, 6.45) is 21.1. The van der Waals surface area contributed by atoms with Crippen LogP contribution in [0.5, 0.6) is 0 Å². The van der Waals surface area contributed by atoms with Crippen molar-refractivity contribution < 1.29 is 0 Å². The maximum absolute atomic E-state index is 2.31. The Bertz CT molecular complexity index is 185. The van der Waals surface area contributed by atoms with E-state index in [0.29, 0.717) is 9.04 Å². The molecule has 0 radical (unpaired) electrons. The molecule has 0 fully saturated rings. The molecular formula is C18H44Si3. The molecule has 0 rings (SSSR count). The molecule has 0 nitrogen and oxygen atoms in total. The van der Waals surface area contributed by atoms with Gasteiger partial charge in [-0.15, -0.1) is 0 Å². The second-order valence-electron chi connectivity index (χ2n) is 7.28. The molecule has 0 aromatic rings. The first-order chi connectivity index (χ1) is 10.3. The van der Waals surface area contributed by atoms with Gasteiger partial charge in [-0.1, -0.05) is 116 Å². The van der Waals surface area contributed by atoms with Crippen molar-refractivity contribution in [3.8, 4) is 0 Å². The molecule has 21 heavy (non-hydrogen) atoms. The van der Waals surface area contributed by atoms with E-state index in [1.54, 1.807) is 47.5 Å². The Morgan fingerprint density at radius 2 is 1.05 bits per heavy atom. The van der Waals surface area contributed by atoms with Crippen LogP contribution >= 0.6 is 0 Å². The number of hydrogen-bond donors (Lipinski definition) is 0. The quantitative estimate of drug-likeness (QED) is 0.266. The average molecular weight is 345 g/mol. The highest BCUT2D eigenvalue weighted by atomic mass is 29.5. The summed E-state index contributed by atoms with van der Waals surface area (Å²) in [5.74, 6) is 0. The first kappa shape index (κ1) is 21.7. The van der Waals surface area contributed by atoms with E-state index < -0.39 is 0 Å². The molecule has 0 aliphatic heterocycles. The van der Waals surface area contributed by atoms with Crippen molar-refractivity contribution in [1.29, 1.82) is 0 Å². The minimum Gasteiger partial charge on any atom is -0.0654 e. The van der Waals surface area contributed by atoms with Crippen LogP contribution in [0.3, 0.4) is 0 Å². The van der Waals surface area contributed by atoms with Gasteiger partial charge in [0.1, 0.15) is 0 Å². The molecule has 0 N–H and O–H groups in total. The highest BCUT2D eigenvalue weighted by Gasteiger charge is 2.04. The Morgan fingerprint density at radius 3 is 1.57 bits per heavy atom. The van der Waals surface area contributed by atoms with E-state index in [-0.39, 0.29) is 7.83 Å². The van der Waals surface area contributed by atoms with Crippen molar-refractivity contribution in [3.63, 3.8) is 0 Å². The molecule has 1 atom stereocenters. The first-order valence-electron chi connectivity index (χ1n) is 10.3. The minimum atomic E-state index is -0.0592. The van der Waals surface area contributed by atoms with Crippen molar-refractivity contribution in [2.45, 2.75) is 116 Å². The van der Waals surface area contributed by atoms with Gasteiger partial charge >= 0.3 is 0 Å². The Labute approximate surface area is 142 Å². The fraction of sp³-hybridized carbons (Fsp3) is 1.00. The summed E-state index contributed by atoms with van der Waals surface area (Å²) >= 11 is 0. The van der Waals surface area contributed by atoms with E-state index >= 15 is 0 Å². The second-order valence-corrected chi connectivity index (χ2v) is 27.1. The fourth-order valence-electron chi connectivity index (χ4n) is 3.22. The van der Waals surface area contributed by atoms with Crippen LogP contribution in [0.25, 0.3) is 0 Å². The SMILES string of the molecule is CCCCCCCCC[SiH2][SiH]([SiH3])CCCCCCCCC. The van der Waals surface area contributed by atoms with Gasteiger partial charge in [-0.2, -0.15) is 0 Å². The lowest BCUT2D eigenvalue weighted by molar-refractivity contribution is 0.601. The van der Waals surface area contributed by atoms with Crippen LogP contribution in [-0.4, -0.2) is 26.6 Å². The second kappa shape index (κ2) is 18.7. The highest BCUT2D eigenvalue weighted by Crippen LogP contribution is 2.11. The van der Waals surface area contributed by atoms with Gasteiger partial charge in [0.05, 0.1) is 0 Å². The molecule has 0 aromatic heterocycles. The minimum absolute atomic E-state index is 0.0592. The third-order valence-electron chi connectivity index (χ3n) is 4.85. The van der Waals surface area contributed by atoms with Gasteiger partial charge in [-0.05, 0) is 9.76 Å². The molecule has 0 saturated heterocycles. The van der Waals surface area contributed by atoms with Gasteiger partial charge in [0, 0.05) is 16.9 Å². The van der Waals surface area contributed by atoms with E-state index in [9.17, 15) is 0 Å². The van der Waals surface area contributed by atoms with Crippen molar-refractivity contribution in [1.82, 2.24) is 0 Å². The van der Waals surface area contributed by atoms with Gasteiger partial charge in [-0.25, -0.2) is 0 Å². The summed E-state index contributed by atoms with van der Waals surface area (Å²) in [6.45, 7) is 4.63. The maximum atomic E-state index is 2.31. The molecule has 0 amide bonds. The van der Waals surface area contributed by atoms with Crippen molar-refractivity contribution in [2.75, 3.05) is 0 Å². The summed E-state index contributed by atoms with van der Waals surface area (Å²) < 4.78 is 0. The number of hydrogen-bond acceptors (Lipinski definition) is 0. The van der Waals surface area contributed by atoms with Crippen molar-refractivity contribution in [3.05, 3.63) is 0 Å². The van der Waals surface area contributed by atoms with Gasteiger partial charge in [-0.3, -0.25) is 0 Å². The van der Waals surface area contributed by atoms with Crippen molar-refractivity contribution in [2.24, 2.45) is 0 Å². The Kier molecular flexibility index (Phi) is 19.3. The van der Waals surface area contributed by atoms with Gasteiger partial charge in [0.25, 0.3) is 0 Å². The molecule has 0 aliphatic carbocycles. The Hall–Kier alpha value is 0.651. The molecule has 0 saturated carbocycles. The lowest BCUT2D eigenvalue weighted by atomic mass is 10.1. The monoisotopic (exact) mass is 344 g/mol. The van der Waals surface area contributed by atoms with E-state index in [0.717, 1.165) is 0 Å². The highest BCUT2D eigenvalue weighted by molar-refractivity contribution is 7.34. The molecule has 0 aromatic carbocycles. The van der Waals surface area contributed by atoms with E-state index in [1.165, 1.54) is 64.2 Å². The van der Waals surface area contributed by atoms with Gasteiger partial charge in [0.2, 0.25) is 0 Å². The molecule has 0 bridgehead atoms. The Balaban J connectivity index is 3.11. The summed E-state index contributed by atoms with van der Waals surface area (Å²) in [6, 6.07) is 3.45. The summed E-state index contributed by atoms with van der Waals surface area (Å²) in [7, 11) is 2.02. The van der Waals surface area contributed by atoms with Gasteiger partial charge in [0.15, 0.2) is 0 Å². The predicted octanol–water partition coefficient (Wildman–Crippen LogP) is 4.66. The fourth-order valence-corrected chi connectivity index (χ4v) is 15.4. The Morgan fingerprint density at radius 1 is 0.619 bits per heavy atom. The first-order valence-corrected chi connectivity index (χ1v) is 20.0. The molecule has 128 valence electrons. The zero-order valence-electron chi connectivity index (χ0n) is 15.6. The molecule has 0 spiro atoms. The van der Waals surface area contributed by atoms with Crippen LogP contribution < -0.4 is 0 Å². The molecule has 3 heteroatoms. The zero-order chi connectivity index (χ0) is 15.6. The van der Waals surface area contributed by atoms with Crippen LogP contribution in [0.2, 0.25) is 12.1 Å². The lowest BCUT2D eigenvalue weighted by Gasteiger charge is -2.09. The predicted molar refractivity (Wildman–Crippen MR) is 111 cm³/mol. The largest absolute Gasteiger partial charge is 0.0654 e. The smallest absolute Gasteiger partial charge is 0.00905 e. The van der Waals surface area contributed by atoms with Gasteiger partial charge < -0.3 is 0 Å². The normalized spacial score (nSPS) is 13.4. The van der Waals surface area contributed by atoms with Crippen LogP contribution in [-0.2, 0) is 0 Å². The van der Waals surface area contributed by atoms with Crippen molar-refractivity contribution >= 4 is 26.6 Å².